The molecule has 0 spiro atoms. The van der Waals surface area contributed by atoms with Crippen LogP contribution in [-0.2, 0) is 0 Å². The highest BCUT2D eigenvalue weighted by Gasteiger charge is 2.11. The lowest BCUT2D eigenvalue weighted by atomic mass is 10.1. The van der Waals surface area contributed by atoms with E-state index in [1.165, 1.54) is 0 Å². The molecule has 1 heterocycles. The highest BCUT2D eigenvalue weighted by Crippen LogP contribution is 2.12. The summed E-state index contributed by atoms with van der Waals surface area (Å²) in [6.07, 6.45) is 2.56. The van der Waals surface area contributed by atoms with E-state index in [0.29, 0.717) is 11.3 Å². The molecule has 132 valence electrons. The quantitative estimate of drug-likeness (QED) is 0.753. The molecule has 2 atom stereocenters. The largest absolute Gasteiger partial charge is 0.350 e. The van der Waals surface area contributed by atoms with Gasteiger partial charge < -0.3 is 16.0 Å². The summed E-state index contributed by atoms with van der Waals surface area (Å²) in [5.74, 6) is -0.117. The number of nitrogens with one attached hydrogen (secondary N) is 3. The number of hydrogen-bond acceptors (Lipinski definition) is 3. The van der Waals surface area contributed by atoms with Crippen LogP contribution >= 0.6 is 0 Å². The van der Waals surface area contributed by atoms with Crippen molar-refractivity contribution in [1.82, 2.24) is 15.6 Å². The minimum Gasteiger partial charge on any atom is -0.350 e. The van der Waals surface area contributed by atoms with Crippen molar-refractivity contribution < 1.29 is 9.59 Å². The molecular weight excluding hydrogens is 316 g/mol. The van der Waals surface area contributed by atoms with E-state index in [0.717, 1.165) is 12.1 Å². The fourth-order valence-electron chi connectivity index (χ4n) is 2.18. The first-order valence-electron chi connectivity index (χ1n) is 8.39. The summed E-state index contributed by atoms with van der Waals surface area (Å²) in [6, 6.07) is 11.9. The third-order valence-corrected chi connectivity index (χ3v) is 3.87. The van der Waals surface area contributed by atoms with Gasteiger partial charge >= 0.3 is 6.03 Å². The lowest BCUT2D eigenvalue weighted by molar-refractivity contribution is 0.0939. The van der Waals surface area contributed by atoms with Gasteiger partial charge in [-0.05, 0) is 56.7 Å². The van der Waals surface area contributed by atoms with E-state index >= 15 is 0 Å². The predicted octanol–water partition coefficient (Wildman–Crippen LogP) is 3.49. The molecule has 2 rings (SSSR count). The van der Waals surface area contributed by atoms with Crippen LogP contribution in [0.1, 0.15) is 49.3 Å². The topological polar surface area (TPSA) is 83.1 Å². The number of hydrogen-bond donors (Lipinski definition) is 3. The third-order valence-electron chi connectivity index (χ3n) is 3.87. The van der Waals surface area contributed by atoms with Crippen LogP contribution in [0.5, 0.6) is 0 Å². The number of rotatable bonds is 6. The Hall–Kier alpha value is -2.89. The molecule has 0 saturated heterocycles. The van der Waals surface area contributed by atoms with Crippen molar-refractivity contribution >= 4 is 17.6 Å². The zero-order valence-corrected chi connectivity index (χ0v) is 14.7. The van der Waals surface area contributed by atoms with Crippen LogP contribution in [0.15, 0.2) is 48.7 Å². The third kappa shape index (κ3) is 5.60. The molecule has 25 heavy (non-hydrogen) atoms. The van der Waals surface area contributed by atoms with Gasteiger partial charge in [0.2, 0.25) is 0 Å². The number of nitrogens with zero attached hydrogens (tertiary/aromatic N) is 1. The fraction of sp³-hybridized carbons (Fsp3) is 0.316. The molecule has 0 radical (unpaired) electrons. The van der Waals surface area contributed by atoms with Gasteiger partial charge in [0, 0.05) is 23.5 Å². The van der Waals surface area contributed by atoms with Gasteiger partial charge in [-0.25, -0.2) is 4.79 Å². The number of benzene rings is 1. The van der Waals surface area contributed by atoms with Crippen LogP contribution in [0.25, 0.3) is 0 Å². The van der Waals surface area contributed by atoms with Crippen LogP contribution in [0.2, 0.25) is 0 Å². The van der Waals surface area contributed by atoms with Gasteiger partial charge in [-0.15, -0.1) is 0 Å². The van der Waals surface area contributed by atoms with E-state index in [2.05, 4.69) is 20.9 Å². The molecule has 0 unspecified atom stereocenters. The average Bonchev–Trinajstić information content (AvgIpc) is 2.62. The summed E-state index contributed by atoms with van der Waals surface area (Å²) in [4.78, 5) is 28.3. The van der Waals surface area contributed by atoms with Crippen molar-refractivity contribution in [2.45, 2.75) is 39.3 Å². The van der Waals surface area contributed by atoms with Crippen LogP contribution in [0, 0.1) is 0 Å². The van der Waals surface area contributed by atoms with Crippen LogP contribution in [0.3, 0.4) is 0 Å². The number of urea groups is 1. The molecule has 3 N–H and O–H groups in total. The Balaban J connectivity index is 1.90. The SMILES string of the molecule is CC[C@@H](C)NC(=O)c1ccc(NC(=O)N[C@H](C)c2ccccn2)cc1. The lowest BCUT2D eigenvalue weighted by Crippen LogP contribution is -2.32. The van der Waals surface area contributed by atoms with E-state index in [4.69, 9.17) is 0 Å². The van der Waals surface area contributed by atoms with Gasteiger partial charge in [0.1, 0.15) is 0 Å². The van der Waals surface area contributed by atoms with E-state index in [1.807, 2.05) is 39.0 Å². The fourth-order valence-corrected chi connectivity index (χ4v) is 2.18. The highest BCUT2D eigenvalue weighted by atomic mass is 16.2. The second kappa shape index (κ2) is 8.82. The van der Waals surface area contributed by atoms with Gasteiger partial charge in [0.25, 0.3) is 5.91 Å². The maximum Gasteiger partial charge on any atom is 0.319 e. The monoisotopic (exact) mass is 340 g/mol. The number of carbonyl (C=O) groups is 2. The van der Waals surface area contributed by atoms with Crippen molar-refractivity contribution in [2.75, 3.05) is 5.32 Å². The van der Waals surface area contributed by atoms with Crippen molar-refractivity contribution in [2.24, 2.45) is 0 Å². The Kier molecular flexibility index (Phi) is 6.51. The van der Waals surface area contributed by atoms with Crippen molar-refractivity contribution in [3.63, 3.8) is 0 Å². The molecule has 0 saturated carbocycles. The van der Waals surface area contributed by atoms with E-state index in [-0.39, 0.29) is 24.0 Å². The molecule has 0 aliphatic rings. The van der Waals surface area contributed by atoms with Gasteiger partial charge in [-0.1, -0.05) is 13.0 Å². The van der Waals surface area contributed by atoms with E-state index in [1.54, 1.807) is 30.5 Å². The first-order valence-corrected chi connectivity index (χ1v) is 8.39. The van der Waals surface area contributed by atoms with Gasteiger partial charge in [0.05, 0.1) is 11.7 Å². The van der Waals surface area contributed by atoms with Crippen molar-refractivity contribution in [1.29, 1.82) is 0 Å². The molecule has 1 aromatic heterocycles. The smallest absolute Gasteiger partial charge is 0.319 e. The standard InChI is InChI=1S/C19H24N4O2/c1-4-13(2)21-18(24)15-8-10-16(11-9-15)23-19(25)22-14(3)17-7-5-6-12-20-17/h5-14H,4H2,1-3H3,(H,21,24)(H2,22,23,25)/t13-,14-/m1/s1. The van der Waals surface area contributed by atoms with Crippen LogP contribution < -0.4 is 16.0 Å². The minimum atomic E-state index is -0.324. The molecule has 6 heteroatoms. The highest BCUT2D eigenvalue weighted by molar-refractivity contribution is 5.95. The first-order chi connectivity index (χ1) is 12.0. The van der Waals surface area contributed by atoms with Crippen LogP contribution in [-0.4, -0.2) is 23.0 Å². The number of anilines is 1. The van der Waals surface area contributed by atoms with E-state index in [9.17, 15) is 9.59 Å². The Bertz CT molecular complexity index is 701. The number of pyridine rings is 1. The maximum absolute atomic E-state index is 12.1. The molecule has 0 fully saturated rings. The summed E-state index contributed by atoms with van der Waals surface area (Å²) in [7, 11) is 0. The minimum absolute atomic E-state index is 0.117. The summed E-state index contributed by atoms with van der Waals surface area (Å²) in [5.41, 5.74) is 1.97. The Labute approximate surface area is 148 Å². The molecule has 0 bridgehead atoms. The summed E-state index contributed by atoms with van der Waals surface area (Å²) < 4.78 is 0. The maximum atomic E-state index is 12.1. The van der Waals surface area contributed by atoms with Crippen molar-refractivity contribution in [3.8, 4) is 0 Å². The van der Waals surface area contributed by atoms with Crippen LogP contribution in [0.4, 0.5) is 10.5 Å². The second-order valence-electron chi connectivity index (χ2n) is 5.93. The molecule has 0 aliphatic heterocycles. The Morgan fingerprint density at radius 1 is 1.04 bits per heavy atom. The number of amides is 3. The number of aromatic nitrogens is 1. The zero-order chi connectivity index (χ0) is 18.2. The summed E-state index contributed by atoms with van der Waals surface area (Å²) in [6.45, 7) is 5.84. The Morgan fingerprint density at radius 3 is 2.36 bits per heavy atom. The summed E-state index contributed by atoms with van der Waals surface area (Å²) in [5, 5.41) is 8.48. The zero-order valence-electron chi connectivity index (χ0n) is 14.7. The molecule has 6 nitrogen and oxygen atoms in total. The molecule has 2 aromatic rings. The Morgan fingerprint density at radius 2 is 1.76 bits per heavy atom. The molecule has 0 aliphatic carbocycles. The molecule has 3 amide bonds. The normalized spacial score (nSPS) is 12.8. The first kappa shape index (κ1) is 18.4. The van der Waals surface area contributed by atoms with Crippen molar-refractivity contribution in [3.05, 3.63) is 59.9 Å². The van der Waals surface area contributed by atoms with Gasteiger partial charge in [-0.2, -0.15) is 0 Å². The lowest BCUT2D eigenvalue weighted by Gasteiger charge is -2.14. The number of carbonyl (C=O) groups excluding carboxylic acids is 2. The average molecular weight is 340 g/mol. The molecule has 1 aromatic carbocycles. The van der Waals surface area contributed by atoms with Gasteiger partial charge in [-0.3, -0.25) is 9.78 Å². The second-order valence-corrected chi connectivity index (χ2v) is 5.93. The molecular formula is C19H24N4O2. The van der Waals surface area contributed by atoms with E-state index < -0.39 is 0 Å². The predicted molar refractivity (Wildman–Crippen MR) is 98.5 cm³/mol. The van der Waals surface area contributed by atoms with Gasteiger partial charge in [0.15, 0.2) is 0 Å². The summed E-state index contributed by atoms with van der Waals surface area (Å²) >= 11 is 0.